The molecule has 7 heteroatoms. The van der Waals surface area contributed by atoms with Crippen molar-refractivity contribution < 1.29 is 28.9 Å². The number of methoxy groups -OCH3 is 3. The average molecular weight is 474 g/mol. The van der Waals surface area contributed by atoms with Gasteiger partial charge in [0.1, 0.15) is 23.0 Å². The SMILES string of the molecule is COc1ccc(CCN2C(=O)C(=O)/C(=C(\O)c3ccc(OC)cc3)C2c2cccc(OC)c2)cc1. The number of nitrogens with zero attached hydrogens (tertiary/aromatic N) is 1. The monoisotopic (exact) mass is 473 g/mol. The van der Waals surface area contributed by atoms with E-state index in [9.17, 15) is 14.7 Å². The van der Waals surface area contributed by atoms with Gasteiger partial charge < -0.3 is 24.2 Å². The third kappa shape index (κ3) is 4.84. The highest BCUT2D eigenvalue weighted by Crippen LogP contribution is 2.40. The Bertz CT molecular complexity index is 1250. The molecule has 1 N–H and O–H groups in total. The number of benzene rings is 3. The molecule has 3 aromatic rings. The van der Waals surface area contributed by atoms with E-state index in [0.29, 0.717) is 29.0 Å². The van der Waals surface area contributed by atoms with Gasteiger partial charge in [0, 0.05) is 12.1 Å². The van der Waals surface area contributed by atoms with E-state index >= 15 is 0 Å². The lowest BCUT2D eigenvalue weighted by molar-refractivity contribution is -0.139. The van der Waals surface area contributed by atoms with Crippen LogP contribution in [-0.4, -0.2) is 49.6 Å². The Morgan fingerprint density at radius 3 is 2.03 bits per heavy atom. The zero-order valence-corrected chi connectivity index (χ0v) is 19.9. The number of rotatable bonds is 8. The van der Waals surface area contributed by atoms with E-state index in [1.54, 1.807) is 63.8 Å². The molecule has 1 aliphatic heterocycles. The van der Waals surface area contributed by atoms with E-state index in [1.807, 2.05) is 30.3 Å². The van der Waals surface area contributed by atoms with Crippen molar-refractivity contribution in [3.8, 4) is 17.2 Å². The van der Waals surface area contributed by atoms with E-state index in [-0.39, 0.29) is 17.9 Å². The molecule has 0 aromatic heterocycles. The van der Waals surface area contributed by atoms with Gasteiger partial charge in [-0.1, -0.05) is 24.3 Å². The Labute approximate surface area is 204 Å². The van der Waals surface area contributed by atoms with Gasteiger partial charge in [0.15, 0.2) is 0 Å². The zero-order valence-electron chi connectivity index (χ0n) is 19.9. The van der Waals surface area contributed by atoms with Gasteiger partial charge in [-0.3, -0.25) is 9.59 Å². The normalized spacial score (nSPS) is 16.9. The molecule has 7 nitrogen and oxygen atoms in total. The highest BCUT2D eigenvalue weighted by Gasteiger charge is 2.45. The van der Waals surface area contributed by atoms with Crippen molar-refractivity contribution >= 4 is 17.4 Å². The lowest BCUT2D eigenvalue weighted by atomic mass is 9.95. The molecule has 1 aliphatic rings. The molecule has 180 valence electrons. The highest BCUT2D eigenvalue weighted by molar-refractivity contribution is 6.46. The Morgan fingerprint density at radius 1 is 0.829 bits per heavy atom. The molecule has 0 aliphatic carbocycles. The van der Waals surface area contributed by atoms with E-state index in [0.717, 1.165) is 11.3 Å². The van der Waals surface area contributed by atoms with Gasteiger partial charge in [-0.25, -0.2) is 0 Å². The predicted octanol–water partition coefficient (Wildman–Crippen LogP) is 4.38. The maximum absolute atomic E-state index is 13.2. The van der Waals surface area contributed by atoms with Gasteiger partial charge >= 0.3 is 0 Å². The molecule has 0 bridgehead atoms. The second kappa shape index (κ2) is 10.3. The Morgan fingerprint density at radius 2 is 1.43 bits per heavy atom. The minimum atomic E-state index is -0.759. The van der Waals surface area contributed by atoms with E-state index in [4.69, 9.17) is 14.2 Å². The number of aliphatic hydroxyl groups is 1. The number of carbonyl (C=O) groups excluding carboxylic acids is 2. The fourth-order valence-corrected chi connectivity index (χ4v) is 4.21. The van der Waals surface area contributed by atoms with Crippen LogP contribution in [0.15, 0.2) is 78.4 Å². The number of amides is 1. The molecule has 0 spiro atoms. The number of ketones is 1. The largest absolute Gasteiger partial charge is 0.507 e. The van der Waals surface area contributed by atoms with Gasteiger partial charge in [0.05, 0.1) is 32.9 Å². The molecule has 1 saturated heterocycles. The van der Waals surface area contributed by atoms with E-state index < -0.39 is 17.7 Å². The van der Waals surface area contributed by atoms with Crippen LogP contribution in [0, 0.1) is 0 Å². The molecule has 1 atom stereocenters. The smallest absolute Gasteiger partial charge is 0.295 e. The summed E-state index contributed by atoms with van der Waals surface area (Å²) in [5.74, 6) is 0.344. The van der Waals surface area contributed by atoms with Crippen LogP contribution >= 0.6 is 0 Å². The number of ether oxygens (including phenoxy) is 3. The van der Waals surface area contributed by atoms with Crippen LogP contribution in [-0.2, 0) is 16.0 Å². The standard InChI is InChI=1S/C28H27NO6/c1-33-21-11-7-18(8-12-21)15-16-29-25(20-5-4-6-23(17-20)35-3)24(27(31)28(29)32)26(30)19-9-13-22(34-2)14-10-19/h4-14,17,25,30H,15-16H2,1-3H3/b26-24-. The number of aliphatic hydroxyl groups excluding tert-OH is 1. The minimum absolute atomic E-state index is 0.0446. The Kier molecular flexibility index (Phi) is 7.06. The number of Topliss-reactive ketones (excluding diaryl/α,β-unsaturated/α-hetero) is 1. The molecule has 3 aromatic carbocycles. The number of hydrogen-bond donors (Lipinski definition) is 1. The zero-order chi connectivity index (χ0) is 24.9. The molecule has 0 saturated carbocycles. The van der Waals surface area contributed by atoms with Crippen molar-refractivity contribution in [2.45, 2.75) is 12.5 Å². The van der Waals surface area contributed by atoms with Gasteiger partial charge in [-0.2, -0.15) is 0 Å². The van der Waals surface area contributed by atoms with Gasteiger partial charge in [0.25, 0.3) is 11.7 Å². The van der Waals surface area contributed by atoms with Crippen molar-refractivity contribution in [1.82, 2.24) is 4.90 Å². The molecular weight excluding hydrogens is 446 g/mol. The van der Waals surface area contributed by atoms with E-state index in [1.165, 1.54) is 4.90 Å². The van der Waals surface area contributed by atoms with Gasteiger partial charge in [-0.05, 0) is 66.1 Å². The van der Waals surface area contributed by atoms with Crippen LogP contribution in [0.2, 0.25) is 0 Å². The maximum atomic E-state index is 13.2. The van der Waals surface area contributed by atoms with Crippen LogP contribution in [0.25, 0.3) is 5.76 Å². The van der Waals surface area contributed by atoms with Gasteiger partial charge in [-0.15, -0.1) is 0 Å². The number of likely N-dealkylation sites (tertiary alicyclic amines) is 1. The molecule has 0 radical (unpaired) electrons. The van der Waals surface area contributed by atoms with E-state index in [2.05, 4.69) is 0 Å². The summed E-state index contributed by atoms with van der Waals surface area (Å²) in [5, 5.41) is 11.2. The second-order valence-electron chi connectivity index (χ2n) is 8.10. The molecule has 1 heterocycles. The topological polar surface area (TPSA) is 85.3 Å². The summed E-state index contributed by atoms with van der Waals surface area (Å²) in [7, 11) is 4.70. The molecule has 1 unspecified atom stereocenters. The summed E-state index contributed by atoms with van der Waals surface area (Å²) in [5.41, 5.74) is 2.13. The third-order valence-electron chi connectivity index (χ3n) is 6.11. The summed E-state index contributed by atoms with van der Waals surface area (Å²) in [6, 6.07) is 20.7. The van der Waals surface area contributed by atoms with Crippen LogP contribution in [0.3, 0.4) is 0 Å². The van der Waals surface area contributed by atoms with Crippen molar-refractivity contribution in [2.75, 3.05) is 27.9 Å². The number of hydrogen-bond acceptors (Lipinski definition) is 6. The fraction of sp³-hybridized carbons (Fsp3) is 0.214. The van der Waals surface area contributed by atoms with Crippen LogP contribution in [0.5, 0.6) is 17.2 Å². The minimum Gasteiger partial charge on any atom is -0.507 e. The first kappa shape index (κ1) is 23.9. The summed E-state index contributed by atoms with van der Waals surface area (Å²) in [6.07, 6.45) is 0.528. The van der Waals surface area contributed by atoms with Crippen LogP contribution < -0.4 is 14.2 Å². The summed E-state index contributed by atoms with van der Waals surface area (Å²) in [6.45, 7) is 0.290. The molecule has 4 rings (SSSR count). The maximum Gasteiger partial charge on any atom is 0.295 e. The number of carbonyl (C=O) groups is 2. The van der Waals surface area contributed by atoms with Crippen molar-refractivity contribution in [3.05, 3.63) is 95.1 Å². The second-order valence-corrected chi connectivity index (χ2v) is 8.10. The quantitative estimate of drug-likeness (QED) is 0.297. The van der Waals surface area contributed by atoms with Crippen molar-refractivity contribution in [3.63, 3.8) is 0 Å². The first-order valence-corrected chi connectivity index (χ1v) is 11.2. The lowest BCUT2D eigenvalue weighted by Gasteiger charge is -2.25. The average Bonchev–Trinajstić information content (AvgIpc) is 3.16. The summed E-state index contributed by atoms with van der Waals surface area (Å²) in [4.78, 5) is 27.9. The first-order chi connectivity index (χ1) is 17.0. The predicted molar refractivity (Wildman–Crippen MR) is 132 cm³/mol. The van der Waals surface area contributed by atoms with Crippen molar-refractivity contribution in [1.29, 1.82) is 0 Å². The van der Waals surface area contributed by atoms with Crippen molar-refractivity contribution in [2.24, 2.45) is 0 Å². The first-order valence-electron chi connectivity index (χ1n) is 11.2. The third-order valence-corrected chi connectivity index (χ3v) is 6.11. The lowest BCUT2D eigenvalue weighted by Crippen LogP contribution is -2.31. The molecule has 35 heavy (non-hydrogen) atoms. The summed E-state index contributed by atoms with van der Waals surface area (Å²) >= 11 is 0. The Hall–Kier alpha value is -4.26. The summed E-state index contributed by atoms with van der Waals surface area (Å²) < 4.78 is 15.8. The molecule has 1 amide bonds. The van der Waals surface area contributed by atoms with Crippen LogP contribution in [0.1, 0.15) is 22.7 Å². The highest BCUT2D eigenvalue weighted by atomic mass is 16.5. The van der Waals surface area contributed by atoms with Gasteiger partial charge in [0.2, 0.25) is 0 Å². The fourth-order valence-electron chi connectivity index (χ4n) is 4.21. The molecular formula is C28H27NO6. The van der Waals surface area contributed by atoms with Crippen LogP contribution in [0.4, 0.5) is 0 Å². The molecule has 1 fully saturated rings. The Balaban J connectivity index is 1.75.